The zero-order chi connectivity index (χ0) is 17.2. The highest BCUT2D eigenvalue weighted by atomic mass is 15.1. The fraction of sp³-hybridized carbons (Fsp3) is 1.00. The van der Waals surface area contributed by atoms with Crippen LogP contribution in [-0.2, 0) is 0 Å². The van der Waals surface area contributed by atoms with Gasteiger partial charge >= 0.3 is 0 Å². The molecule has 0 atom stereocenters. The summed E-state index contributed by atoms with van der Waals surface area (Å²) in [6, 6.07) is 0. The summed E-state index contributed by atoms with van der Waals surface area (Å²) < 4.78 is 0. The molecule has 0 aliphatic carbocycles. The first-order chi connectivity index (χ1) is 11.3. The zero-order valence-corrected chi connectivity index (χ0v) is 16.9. The summed E-state index contributed by atoms with van der Waals surface area (Å²) in [6.07, 6.45) is 15.0. The molecule has 0 aromatic rings. The highest BCUT2D eigenvalue weighted by Crippen LogP contribution is 2.06. The summed E-state index contributed by atoms with van der Waals surface area (Å²) in [5, 5.41) is 0. The molecule has 0 N–H and O–H groups in total. The van der Waals surface area contributed by atoms with Gasteiger partial charge in [0.25, 0.3) is 0 Å². The van der Waals surface area contributed by atoms with Crippen LogP contribution in [0.25, 0.3) is 0 Å². The van der Waals surface area contributed by atoms with Crippen molar-refractivity contribution in [1.29, 1.82) is 0 Å². The predicted octanol–water partition coefficient (Wildman–Crippen LogP) is 5.96. The Bertz CT molecular complexity index is 180. The molecule has 0 heterocycles. The van der Waals surface area contributed by atoms with Gasteiger partial charge in [0, 0.05) is 0 Å². The van der Waals surface area contributed by atoms with Gasteiger partial charge in [0.2, 0.25) is 0 Å². The zero-order valence-electron chi connectivity index (χ0n) is 16.9. The number of hydrogen-bond donors (Lipinski definition) is 0. The van der Waals surface area contributed by atoms with Gasteiger partial charge in [0.1, 0.15) is 0 Å². The molecule has 0 unspecified atom stereocenters. The average Bonchev–Trinajstić information content (AvgIpc) is 2.57. The summed E-state index contributed by atoms with van der Waals surface area (Å²) in [4.78, 5) is 5.41. The summed E-state index contributed by atoms with van der Waals surface area (Å²) in [5.74, 6) is 0. The maximum atomic E-state index is 2.71. The lowest BCUT2D eigenvalue weighted by Gasteiger charge is -2.23. The maximum absolute atomic E-state index is 2.71. The molecule has 0 amide bonds. The van der Waals surface area contributed by atoms with E-state index in [1.54, 1.807) is 0 Å². The lowest BCUT2D eigenvalue weighted by molar-refractivity contribution is 0.242. The van der Waals surface area contributed by atoms with Crippen LogP contribution in [0.2, 0.25) is 0 Å². The minimum absolute atomic E-state index is 1.32. The number of hydrogen-bond acceptors (Lipinski definition) is 2. The topological polar surface area (TPSA) is 6.48 Å². The van der Waals surface area contributed by atoms with Crippen molar-refractivity contribution in [2.24, 2.45) is 0 Å². The van der Waals surface area contributed by atoms with Crippen molar-refractivity contribution in [2.75, 3.05) is 39.3 Å². The minimum Gasteiger partial charge on any atom is -0.303 e. The van der Waals surface area contributed by atoms with E-state index in [-0.39, 0.29) is 0 Å². The lowest BCUT2D eigenvalue weighted by atomic mass is 10.2. The molecule has 0 spiro atoms. The first kappa shape index (κ1) is 22.9. The van der Waals surface area contributed by atoms with Crippen molar-refractivity contribution in [3.05, 3.63) is 0 Å². The molecular formula is C21H46N2. The molecule has 2 heteroatoms. The van der Waals surface area contributed by atoms with Crippen LogP contribution in [0.4, 0.5) is 0 Å². The van der Waals surface area contributed by atoms with E-state index >= 15 is 0 Å². The fourth-order valence-corrected chi connectivity index (χ4v) is 3.05. The Morgan fingerprint density at radius 1 is 0.348 bits per heavy atom. The minimum atomic E-state index is 1.32. The summed E-state index contributed by atoms with van der Waals surface area (Å²) in [5.41, 5.74) is 0. The van der Waals surface area contributed by atoms with Gasteiger partial charge in [0.05, 0.1) is 0 Å². The standard InChI is InChI=1S/C21H46N2/c1-5-9-16-22(17-10-6-2)20-14-13-15-21-23(18-11-7-3)19-12-8-4/h5-21H2,1-4H3. The van der Waals surface area contributed by atoms with E-state index in [2.05, 4.69) is 37.5 Å². The lowest BCUT2D eigenvalue weighted by Crippen LogP contribution is -2.28. The molecule has 0 aliphatic heterocycles. The normalized spacial score (nSPS) is 11.7. The third-order valence-electron chi connectivity index (χ3n) is 4.76. The maximum Gasteiger partial charge on any atom is -0.00187 e. The van der Waals surface area contributed by atoms with E-state index in [1.165, 1.54) is 110 Å². The molecule has 2 nitrogen and oxygen atoms in total. The van der Waals surface area contributed by atoms with Crippen LogP contribution in [0.5, 0.6) is 0 Å². The third kappa shape index (κ3) is 15.2. The molecule has 23 heavy (non-hydrogen) atoms. The van der Waals surface area contributed by atoms with E-state index in [4.69, 9.17) is 0 Å². The SMILES string of the molecule is CCCCN(CCCC)CCCCCN(CCCC)CCCC. The van der Waals surface area contributed by atoms with E-state index in [0.29, 0.717) is 0 Å². The monoisotopic (exact) mass is 326 g/mol. The summed E-state index contributed by atoms with van der Waals surface area (Å²) in [6.45, 7) is 17.1. The van der Waals surface area contributed by atoms with Crippen LogP contribution >= 0.6 is 0 Å². The quantitative estimate of drug-likeness (QED) is 0.287. The molecule has 0 aromatic carbocycles. The van der Waals surface area contributed by atoms with E-state index in [1.807, 2.05) is 0 Å². The van der Waals surface area contributed by atoms with Gasteiger partial charge in [-0.3, -0.25) is 0 Å². The smallest absolute Gasteiger partial charge is 0.00187 e. The second kappa shape index (κ2) is 18.3. The first-order valence-electron chi connectivity index (χ1n) is 10.7. The number of nitrogens with zero attached hydrogens (tertiary/aromatic N) is 2. The van der Waals surface area contributed by atoms with Crippen molar-refractivity contribution < 1.29 is 0 Å². The van der Waals surface area contributed by atoms with Crippen LogP contribution < -0.4 is 0 Å². The largest absolute Gasteiger partial charge is 0.303 e. The fourth-order valence-electron chi connectivity index (χ4n) is 3.05. The van der Waals surface area contributed by atoms with E-state index < -0.39 is 0 Å². The Hall–Kier alpha value is -0.0800. The molecule has 0 radical (unpaired) electrons. The molecule has 0 aliphatic rings. The van der Waals surface area contributed by atoms with Crippen molar-refractivity contribution >= 4 is 0 Å². The number of unbranched alkanes of at least 4 members (excludes halogenated alkanes) is 6. The van der Waals surface area contributed by atoms with Crippen molar-refractivity contribution in [2.45, 2.75) is 98.3 Å². The molecule has 140 valence electrons. The van der Waals surface area contributed by atoms with Crippen LogP contribution in [0.15, 0.2) is 0 Å². The van der Waals surface area contributed by atoms with Crippen molar-refractivity contribution in [1.82, 2.24) is 9.80 Å². The Balaban J connectivity index is 3.81. The molecule has 0 saturated heterocycles. The van der Waals surface area contributed by atoms with Gasteiger partial charge in [-0.1, -0.05) is 59.8 Å². The van der Waals surface area contributed by atoms with Gasteiger partial charge in [-0.05, 0) is 77.8 Å². The number of rotatable bonds is 18. The second-order valence-electron chi connectivity index (χ2n) is 7.16. The molecule has 0 bridgehead atoms. The predicted molar refractivity (Wildman–Crippen MR) is 106 cm³/mol. The Kier molecular flexibility index (Phi) is 18.2. The molecule has 0 saturated carbocycles. The highest BCUT2D eigenvalue weighted by molar-refractivity contribution is 4.61. The molecule has 0 rings (SSSR count). The van der Waals surface area contributed by atoms with E-state index in [9.17, 15) is 0 Å². The Morgan fingerprint density at radius 2 is 0.609 bits per heavy atom. The van der Waals surface area contributed by atoms with E-state index in [0.717, 1.165) is 0 Å². The van der Waals surface area contributed by atoms with Crippen LogP contribution in [-0.4, -0.2) is 49.1 Å². The molecule has 0 aromatic heterocycles. The average molecular weight is 327 g/mol. The molecular weight excluding hydrogens is 280 g/mol. The summed E-state index contributed by atoms with van der Waals surface area (Å²) in [7, 11) is 0. The Morgan fingerprint density at radius 3 is 0.870 bits per heavy atom. The van der Waals surface area contributed by atoms with Crippen LogP contribution in [0, 0.1) is 0 Å². The second-order valence-corrected chi connectivity index (χ2v) is 7.16. The Labute approximate surface area is 148 Å². The van der Waals surface area contributed by atoms with Crippen LogP contribution in [0.3, 0.4) is 0 Å². The van der Waals surface area contributed by atoms with Gasteiger partial charge in [0.15, 0.2) is 0 Å². The summed E-state index contributed by atoms with van der Waals surface area (Å²) >= 11 is 0. The van der Waals surface area contributed by atoms with Crippen LogP contribution in [0.1, 0.15) is 98.3 Å². The van der Waals surface area contributed by atoms with Gasteiger partial charge in [-0.15, -0.1) is 0 Å². The first-order valence-corrected chi connectivity index (χ1v) is 10.7. The van der Waals surface area contributed by atoms with Gasteiger partial charge in [-0.25, -0.2) is 0 Å². The van der Waals surface area contributed by atoms with Gasteiger partial charge in [-0.2, -0.15) is 0 Å². The van der Waals surface area contributed by atoms with Crippen molar-refractivity contribution in [3.8, 4) is 0 Å². The highest BCUT2D eigenvalue weighted by Gasteiger charge is 2.05. The van der Waals surface area contributed by atoms with Gasteiger partial charge < -0.3 is 9.80 Å². The molecule has 0 fully saturated rings. The third-order valence-corrected chi connectivity index (χ3v) is 4.76. The van der Waals surface area contributed by atoms with Crippen molar-refractivity contribution in [3.63, 3.8) is 0 Å².